The molecule has 1 amide bonds. The Labute approximate surface area is 203 Å². The Morgan fingerprint density at radius 3 is 2.32 bits per heavy atom. The molecule has 0 radical (unpaired) electrons. The van der Waals surface area contributed by atoms with E-state index in [1.165, 1.54) is 30.3 Å². The monoisotopic (exact) mass is 497 g/mol. The van der Waals surface area contributed by atoms with Gasteiger partial charge in [-0.2, -0.15) is 0 Å². The number of thiocarbonyl (C=S) groups is 1. The van der Waals surface area contributed by atoms with Gasteiger partial charge in [0.05, 0.1) is 12.0 Å². The quantitative estimate of drug-likeness (QED) is 0.335. The normalized spacial score (nSPS) is 11.1. The molecule has 0 saturated heterocycles. The molecule has 2 aromatic carbocycles. The predicted molar refractivity (Wildman–Crippen MR) is 135 cm³/mol. The highest BCUT2D eigenvalue weighted by Gasteiger charge is 2.16. The standard InChI is InChI=1S/C23H23N5O4S2/c1-15-14-16(2)25-22(24-15)28-34(30,31)19-11-9-18(10-12-19)26-23(33)27-21(29)13-8-17-6-4-5-7-20(17)32-3/h4-14H,1-3H3,(H,24,25,28)(H2,26,27,29,33)/b13-8+. The van der Waals surface area contributed by atoms with E-state index >= 15 is 0 Å². The van der Waals surface area contributed by atoms with Crippen molar-refractivity contribution in [2.75, 3.05) is 17.1 Å². The molecule has 0 spiro atoms. The summed E-state index contributed by atoms with van der Waals surface area (Å²) in [5.41, 5.74) is 2.55. The van der Waals surface area contributed by atoms with Crippen molar-refractivity contribution in [3.8, 4) is 5.75 Å². The van der Waals surface area contributed by atoms with Crippen molar-refractivity contribution in [2.45, 2.75) is 18.7 Å². The third kappa shape index (κ3) is 6.83. The number of benzene rings is 2. The second-order valence-electron chi connectivity index (χ2n) is 7.12. The Kier molecular flexibility index (Phi) is 7.92. The zero-order valence-corrected chi connectivity index (χ0v) is 20.3. The van der Waals surface area contributed by atoms with Crippen LogP contribution < -0.4 is 20.1 Å². The maximum absolute atomic E-state index is 12.6. The van der Waals surface area contributed by atoms with Gasteiger partial charge in [0.2, 0.25) is 11.9 Å². The number of hydrogen-bond acceptors (Lipinski definition) is 7. The van der Waals surface area contributed by atoms with Crippen LogP contribution in [-0.2, 0) is 14.8 Å². The first-order chi connectivity index (χ1) is 16.2. The molecule has 0 aliphatic heterocycles. The first kappa shape index (κ1) is 24.8. The van der Waals surface area contributed by atoms with E-state index in [0.29, 0.717) is 22.8 Å². The van der Waals surface area contributed by atoms with Gasteiger partial charge >= 0.3 is 0 Å². The molecule has 3 aromatic rings. The number of methoxy groups -OCH3 is 1. The van der Waals surface area contributed by atoms with E-state index in [1.807, 2.05) is 18.2 Å². The molecule has 0 bridgehead atoms. The van der Waals surface area contributed by atoms with Crippen LogP contribution in [0.1, 0.15) is 17.0 Å². The molecule has 0 unspecified atom stereocenters. The van der Waals surface area contributed by atoms with Crippen molar-refractivity contribution >= 4 is 51.0 Å². The SMILES string of the molecule is COc1ccccc1/C=C/C(=O)NC(=S)Nc1ccc(S(=O)(=O)Nc2nc(C)cc(C)n2)cc1. The molecule has 34 heavy (non-hydrogen) atoms. The second kappa shape index (κ2) is 10.9. The average Bonchev–Trinajstić information content (AvgIpc) is 2.77. The number of ether oxygens (including phenoxy) is 1. The molecule has 0 aliphatic rings. The molecule has 1 heterocycles. The number of carbonyl (C=O) groups is 1. The number of para-hydroxylation sites is 1. The summed E-state index contributed by atoms with van der Waals surface area (Å²) in [7, 11) is -2.32. The molecule has 0 fully saturated rings. The third-order valence-electron chi connectivity index (χ3n) is 4.42. The number of nitrogens with one attached hydrogen (secondary N) is 3. The zero-order chi connectivity index (χ0) is 24.7. The molecular formula is C23H23N5O4S2. The van der Waals surface area contributed by atoms with Gasteiger partial charge in [-0.1, -0.05) is 18.2 Å². The Hall–Kier alpha value is -3.83. The second-order valence-corrected chi connectivity index (χ2v) is 9.21. The summed E-state index contributed by atoms with van der Waals surface area (Å²) in [5.74, 6) is 0.214. The number of anilines is 2. The van der Waals surface area contributed by atoms with Crippen LogP contribution in [0.15, 0.2) is 65.6 Å². The fourth-order valence-corrected chi connectivity index (χ4v) is 4.12. The summed E-state index contributed by atoms with van der Waals surface area (Å²) < 4.78 is 32.9. The van der Waals surface area contributed by atoms with Crippen LogP contribution in [0.25, 0.3) is 6.08 Å². The summed E-state index contributed by atoms with van der Waals surface area (Å²) in [6.07, 6.45) is 2.95. The van der Waals surface area contributed by atoms with Crippen molar-refractivity contribution in [1.82, 2.24) is 15.3 Å². The highest BCUT2D eigenvalue weighted by atomic mass is 32.2. The maximum atomic E-state index is 12.6. The zero-order valence-electron chi connectivity index (χ0n) is 18.7. The van der Waals surface area contributed by atoms with Crippen LogP contribution in [0.2, 0.25) is 0 Å². The van der Waals surface area contributed by atoms with E-state index < -0.39 is 15.9 Å². The van der Waals surface area contributed by atoms with E-state index in [1.54, 1.807) is 39.2 Å². The van der Waals surface area contributed by atoms with Crippen molar-refractivity contribution in [3.63, 3.8) is 0 Å². The number of amides is 1. The van der Waals surface area contributed by atoms with Gasteiger partial charge in [-0.15, -0.1) is 0 Å². The van der Waals surface area contributed by atoms with Crippen molar-refractivity contribution < 1.29 is 17.9 Å². The van der Waals surface area contributed by atoms with Gasteiger partial charge in [0, 0.05) is 28.7 Å². The smallest absolute Gasteiger partial charge is 0.264 e. The lowest BCUT2D eigenvalue weighted by Crippen LogP contribution is -2.32. The van der Waals surface area contributed by atoms with Crippen LogP contribution >= 0.6 is 12.2 Å². The number of sulfonamides is 1. The summed E-state index contributed by atoms with van der Waals surface area (Å²) in [6, 6.07) is 14.9. The number of carbonyl (C=O) groups excluding carboxylic acids is 1. The number of hydrogen-bond donors (Lipinski definition) is 3. The summed E-state index contributed by atoms with van der Waals surface area (Å²) in [4.78, 5) is 20.4. The lowest BCUT2D eigenvalue weighted by Gasteiger charge is -2.10. The first-order valence-electron chi connectivity index (χ1n) is 10.0. The molecule has 176 valence electrons. The fraction of sp³-hybridized carbons (Fsp3) is 0.130. The van der Waals surface area contributed by atoms with Crippen LogP contribution in [0, 0.1) is 13.8 Å². The molecule has 3 N–H and O–H groups in total. The molecule has 1 aromatic heterocycles. The van der Waals surface area contributed by atoms with Gasteiger partial charge in [0.1, 0.15) is 5.75 Å². The van der Waals surface area contributed by atoms with Crippen LogP contribution in [0.3, 0.4) is 0 Å². The third-order valence-corrected chi connectivity index (χ3v) is 5.97. The molecule has 0 aliphatic carbocycles. The fourth-order valence-electron chi connectivity index (χ4n) is 2.95. The average molecular weight is 498 g/mol. The number of rotatable bonds is 7. The van der Waals surface area contributed by atoms with Gasteiger partial charge in [-0.25, -0.2) is 23.1 Å². The van der Waals surface area contributed by atoms with Gasteiger partial charge in [-0.3, -0.25) is 10.1 Å². The lowest BCUT2D eigenvalue weighted by atomic mass is 10.2. The minimum atomic E-state index is -3.88. The minimum Gasteiger partial charge on any atom is -0.496 e. The highest BCUT2D eigenvalue weighted by Crippen LogP contribution is 2.19. The van der Waals surface area contributed by atoms with E-state index in [-0.39, 0.29) is 16.0 Å². The molecule has 9 nitrogen and oxygen atoms in total. The van der Waals surface area contributed by atoms with Crippen LogP contribution in [0.5, 0.6) is 5.75 Å². The van der Waals surface area contributed by atoms with E-state index in [9.17, 15) is 13.2 Å². The van der Waals surface area contributed by atoms with Crippen molar-refractivity contribution in [1.29, 1.82) is 0 Å². The minimum absolute atomic E-state index is 0.00442. The van der Waals surface area contributed by atoms with E-state index in [4.69, 9.17) is 17.0 Å². The highest BCUT2D eigenvalue weighted by molar-refractivity contribution is 7.92. The molecule has 0 saturated carbocycles. The maximum Gasteiger partial charge on any atom is 0.264 e. The van der Waals surface area contributed by atoms with Gasteiger partial charge in [0.25, 0.3) is 10.0 Å². The Morgan fingerprint density at radius 2 is 1.68 bits per heavy atom. The Balaban J connectivity index is 1.59. The van der Waals surface area contributed by atoms with E-state index in [0.717, 1.165) is 5.56 Å². The Morgan fingerprint density at radius 1 is 1.03 bits per heavy atom. The van der Waals surface area contributed by atoms with Crippen molar-refractivity contribution in [3.05, 3.63) is 77.6 Å². The van der Waals surface area contributed by atoms with Gasteiger partial charge < -0.3 is 10.1 Å². The molecular weight excluding hydrogens is 474 g/mol. The van der Waals surface area contributed by atoms with E-state index in [2.05, 4.69) is 25.3 Å². The molecule has 3 rings (SSSR count). The van der Waals surface area contributed by atoms with Crippen LogP contribution in [-0.4, -0.2) is 36.5 Å². The topological polar surface area (TPSA) is 122 Å². The summed E-state index contributed by atoms with van der Waals surface area (Å²) in [5, 5.41) is 5.43. The molecule has 11 heteroatoms. The largest absolute Gasteiger partial charge is 0.496 e. The Bertz CT molecular complexity index is 1320. The molecule has 0 atom stereocenters. The number of nitrogens with zero attached hydrogens (tertiary/aromatic N) is 2. The first-order valence-corrected chi connectivity index (χ1v) is 11.9. The summed E-state index contributed by atoms with van der Waals surface area (Å²) >= 11 is 5.16. The van der Waals surface area contributed by atoms with Gasteiger partial charge in [-0.05, 0) is 68.5 Å². The van der Waals surface area contributed by atoms with Crippen molar-refractivity contribution in [2.24, 2.45) is 0 Å². The number of aryl methyl sites for hydroxylation is 2. The number of aromatic nitrogens is 2. The van der Waals surface area contributed by atoms with Crippen LogP contribution in [0.4, 0.5) is 11.6 Å². The van der Waals surface area contributed by atoms with Gasteiger partial charge in [0.15, 0.2) is 5.11 Å². The lowest BCUT2D eigenvalue weighted by molar-refractivity contribution is -0.115. The predicted octanol–water partition coefficient (Wildman–Crippen LogP) is 3.43. The summed E-state index contributed by atoms with van der Waals surface area (Å²) in [6.45, 7) is 3.51.